The zero-order valence-electron chi connectivity index (χ0n) is 11.2. The Kier molecular flexibility index (Phi) is 4.39. The van der Waals surface area contributed by atoms with Crippen molar-refractivity contribution in [2.75, 3.05) is 0 Å². The van der Waals surface area contributed by atoms with Gasteiger partial charge in [0.25, 0.3) is 0 Å². The molecule has 20 heavy (non-hydrogen) atoms. The molecule has 0 saturated heterocycles. The van der Waals surface area contributed by atoms with Crippen molar-refractivity contribution in [3.63, 3.8) is 0 Å². The van der Waals surface area contributed by atoms with Gasteiger partial charge in [-0.05, 0) is 31.5 Å². The van der Waals surface area contributed by atoms with Gasteiger partial charge in [0.2, 0.25) is 5.88 Å². The van der Waals surface area contributed by atoms with Crippen LogP contribution in [0.5, 0.6) is 5.88 Å². The standard InChI is InChI=1S/C15H14BrNO3/c1-9-7-10(2)17-14(13(9)15(18)19)20-8-11-5-3-4-6-12(11)16/h3-7H,8H2,1-2H3,(H,18,19). The average molecular weight is 336 g/mol. The summed E-state index contributed by atoms with van der Waals surface area (Å²) in [4.78, 5) is 15.5. The molecular weight excluding hydrogens is 322 g/mol. The molecule has 0 atom stereocenters. The summed E-state index contributed by atoms with van der Waals surface area (Å²) < 4.78 is 6.52. The normalized spacial score (nSPS) is 10.3. The van der Waals surface area contributed by atoms with Gasteiger partial charge in [0.15, 0.2) is 0 Å². The monoisotopic (exact) mass is 335 g/mol. The Morgan fingerprint density at radius 1 is 1.35 bits per heavy atom. The fourth-order valence-corrected chi connectivity index (χ4v) is 2.33. The van der Waals surface area contributed by atoms with Crippen molar-refractivity contribution in [1.29, 1.82) is 0 Å². The highest BCUT2D eigenvalue weighted by atomic mass is 79.9. The highest BCUT2D eigenvalue weighted by Gasteiger charge is 2.17. The highest BCUT2D eigenvalue weighted by molar-refractivity contribution is 9.10. The van der Waals surface area contributed by atoms with Crippen LogP contribution in [-0.2, 0) is 6.61 Å². The van der Waals surface area contributed by atoms with Gasteiger partial charge in [0.1, 0.15) is 12.2 Å². The summed E-state index contributed by atoms with van der Waals surface area (Å²) in [5, 5.41) is 9.26. The van der Waals surface area contributed by atoms with E-state index in [0.29, 0.717) is 5.56 Å². The molecule has 0 fully saturated rings. The molecule has 0 spiro atoms. The van der Waals surface area contributed by atoms with Gasteiger partial charge in [-0.1, -0.05) is 34.1 Å². The molecule has 1 aromatic heterocycles. The Bertz CT molecular complexity index is 656. The third-order valence-corrected chi connectivity index (χ3v) is 3.62. The molecular formula is C15H14BrNO3. The number of rotatable bonds is 4. The number of nitrogens with zero attached hydrogens (tertiary/aromatic N) is 1. The van der Waals surface area contributed by atoms with Gasteiger partial charge < -0.3 is 9.84 Å². The van der Waals surface area contributed by atoms with Crippen LogP contribution < -0.4 is 4.74 Å². The van der Waals surface area contributed by atoms with E-state index in [9.17, 15) is 9.90 Å². The summed E-state index contributed by atoms with van der Waals surface area (Å²) in [7, 11) is 0. The Morgan fingerprint density at radius 3 is 2.70 bits per heavy atom. The van der Waals surface area contributed by atoms with Crippen molar-refractivity contribution in [3.05, 3.63) is 57.2 Å². The molecule has 0 bridgehead atoms. The lowest BCUT2D eigenvalue weighted by molar-refractivity contribution is 0.0689. The summed E-state index contributed by atoms with van der Waals surface area (Å²) in [6.07, 6.45) is 0. The van der Waals surface area contributed by atoms with Gasteiger partial charge in [0.05, 0.1) is 0 Å². The van der Waals surface area contributed by atoms with E-state index >= 15 is 0 Å². The van der Waals surface area contributed by atoms with E-state index in [1.807, 2.05) is 31.2 Å². The number of ether oxygens (including phenoxy) is 1. The number of carboxylic acid groups (broad SMARTS) is 1. The molecule has 2 rings (SSSR count). The smallest absolute Gasteiger partial charge is 0.341 e. The molecule has 0 unspecified atom stereocenters. The maximum atomic E-state index is 11.3. The second-order valence-electron chi connectivity index (χ2n) is 4.45. The predicted molar refractivity (Wildman–Crippen MR) is 79.1 cm³/mol. The van der Waals surface area contributed by atoms with Crippen LogP contribution >= 0.6 is 15.9 Å². The number of aromatic carboxylic acids is 1. The lowest BCUT2D eigenvalue weighted by Gasteiger charge is -2.12. The minimum Gasteiger partial charge on any atom is -0.477 e. The predicted octanol–water partition coefficient (Wildman–Crippen LogP) is 3.74. The van der Waals surface area contributed by atoms with Crippen LogP contribution in [0.25, 0.3) is 0 Å². The molecule has 1 N–H and O–H groups in total. The molecule has 2 aromatic rings. The van der Waals surface area contributed by atoms with Crippen molar-refractivity contribution in [2.45, 2.75) is 20.5 Å². The van der Waals surface area contributed by atoms with E-state index in [1.54, 1.807) is 13.0 Å². The molecule has 104 valence electrons. The number of aromatic nitrogens is 1. The van der Waals surface area contributed by atoms with Gasteiger partial charge in [-0.25, -0.2) is 9.78 Å². The van der Waals surface area contributed by atoms with Crippen molar-refractivity contribution in [3.8, 4) is 5.88 Å². The maximum absolute atomic E-state index is 11.3. The van der Waals surface area contributed by atoms with Gasteiger partial charge in [0, 0.05) is 15.7 Å². The summed E-state index contributed by atoms with van der Waals surface area (Å²) >= 11 is 3.43. The van der Waals surface area contributed by atoms with Crippen molar-refractivity contribution >= 4 is 21.9 Å². The van der Waals surface area contributed by atoms with Crippen LogP contribution in [0.2, 0.25) is 0 Å². The van der Waals surface area contributed by atoms with Crippen molar-refractivity contribution in [1.82, 2.24) is 4.98 Å². The number of aryl methyl sites for hydroxylation is 2. The molecule has 1 heterocycles. The Labute approximate surface area is 125 Å². The van der Waals surface area contributed by atoms with Crippen LogP contribution in [0.3, 0.4) is 0 Å². The maximum Gasteiger partial charge on any atom is 0.341 e. The fourth-order valence-electron chi connectivity index (χ4n) is 1.93. The van der Waals surface area contributed by atoms with Crippen LogP contribution in [0.1, 0.15) is 27.2 Å². The first kappa shape index (κ1) is 14.5. The second-order valence-corrected chi connectivity index (χ2v) is 5.30. The fraction of sp³-hybridized carbons (Fsp3) is 0.200. The summed E-state index contributed by atoms with van der Waals surface area (Å²) in [5.74, 6) is -0.872. The highest BCUT2D eigenvalue weighted by Crippen LogP contribution is 2.23. The molecule has 0 saturated carbocycles. The summed E-state index contributed by atoms with van der Waals surface area (Å²) in [6, 6.07) is 9.36. The molecule has 0 radical (unpaired) electrons. The van der Waals surface area contributed by atoms with Gasteiger partial charge >= 0.3 is 5.97 Å². The zero-order chi connectivity index (χ0) is 14.7. The molecule has 5 heteroatoms. The van der Waals surface area contributed by atoms with E-state index in [1.165, 1.54) is 0 Å². The summed E-state index contributed by atoms with van der Waals surface area (Å²) in [6.45, 7) is 3.81. The quantitative estimate of drug-likeness (QED) is 0.924. The van der Waals surface area contributed by atoms with Crippen LogP contribution in [-0.4, -0.2) is 16.1 Å². The van der Waals surface area contributed by atoms with Crippen molar-refractivity contribution in [2.24, 2.45) is 0 Å². The number of carbonyl (C=O) groups is 1. The molecule has 1 aromatic carbocycles. The summed E-state index contributed by atoms with van der Waals surface area (Å²) in [5.41, 5.74) is 2.43. The van der Waals surface area contributed by atoms with E-state index < -0.39 is 5.97 Å². The third kappa shape index (κ3) is 3.17. The largest absolute Gasteiger partial charge is 0.477 e. The topological polar surface area (TPSA) is 59.4 Å². The lowest BCUT2D eigenvalue weighted by Crippen LogP contribution is -2.08. The van der Waals surface area contributed by atoms with Gasteiger partial charge in [-0.15, -0.1) is 0 Å². The van der Waals surface area contributed by atoms with E-state index in [-0.39, 0.29) is 18.1 Å². The number of pyridine rings is 1. The number of carboxylic acids is 1. The first-order valence-corrected chi connectivity index (χ1v) is 6.86. The van der Waals surface area contributed by atoms with Gasteiger partial charge in [-0.2, -0.15) is 0 Å². The Hall–Kier alpha value is -1.88. The van der Waals surface area contributed by atoms with Crippen LogP contribution in [0, 0.1) is 13.8 Å². The van der Waals surface area contributed by atoms with Gasteiger partial charge in [-0.3, -0.25) is 0 Å². The molecule has 0 aliphatic rings. The first-order valence-electron chi connectivity index (χ1n) is 6.06. The lowest BCUT2D eigenvalue weighted by atomic mass is 10.1. The minimum atomic E-state index is -1.03. The number of benzene rings is 1. The number of halogens is 1. The van der Waals surface area contributed by atoms with E-state index in [2.05, 4.69) is 20.9 Å². The Balaban J connectivity index is 2.30. The van der Waals surface area contributed by atoms with Crippen LogP contribution in [0.15, 0.2) is 34.8 Å². The Morgan fingerprint density at radius 2 is 2.05 bits per heavy atom. The molecule has 4 nitrogen and oxygen atoms in total. The minimum absolute atomic E-state index is 0.114. The average Bonchev–Trinajstić information content (AvgIpc) is 2.36. The SMILES string of the molecule is Cc1cc(C)c(C(=O)O)c(OCc2ccccc2Br)n1. The molecule has 0 aliphatic heterocycles. The second kappa shape index (κ2) is 6.05. The van der Waals surface area contributed by atoms with E-state index in [4.69, 9.17) is 4.74 Å². The van der Waals surface area contributed by atoms with Crippen molar-refractivity contribution < 1.29 is 14.6 Å². The zero-order valence-corrected chi connectivity index (χ0v) is 12.8. The van der Waals surface area contributed by atoms with Crippen LogP contribution in [0.4, 0.5) is 0 Å². The van der Waals surface area contributed by atoms with E-state index in [0.717, 1.165) is 15.7 Å². The first-order chi connectivity index (χ1) is 9.49. The molecule has 0 amide bonds. The number of hydrogen-bond donors (Lipinski definition) is 1. The molecule has 0 aliphatic carbocycles. The number of hydrogen-bond acceptors (Lipinski definition) is 3. The third-order valence-electron chi connectivity index (χ3n) is 2.85.